The van der Waals surface area contributed by atoms with Gasteiger partial charge in [-0.1, -0.05) is 12.1 Å². The van der Waals surface area contributed by atoms with Gasteiger partial charge in [-0.15, -0.1) is 0 Å². The van der Waals surface area contributed by atoms with E-state index in [0.717, 1.165) is 4.31 Å². The molecule has 2 N–H and O–H groups in total. The van der Waals surface area contributed by atoms with Gasteiger partial charge in [0.05, 0.1) is 12.1 Å². The van der Waals surface area contributed by atoms with Gasteiger partial charge in [-0.05, 0) is 35.9 Å². The maximum atomic E-state index is 12.9. The number of sulfonamides is 1. The fraction of sp³-hybridized carbons (Fsp3) is 0.0714. The first-order chi connectivity index (χ1) is 9.89. The number of hydrogen-bond donors (Lipinski definition) is 1. The van der Waals surface area contributed by atoms with Crippen LogP contribution in [0, 0.1) is 5.82 Å². The molecule has 2 aromatic rings. The molecule has 0 saturated heterocycles. The van der Waals surface area contributed by atoms with E-state index in [1.54, 1.807) is 0 Å². The van der Waals surface area contributed by atoms with E-state index in [9.17, 15) is 17.6 Å². The number of nitrogen functional groups attached to an aromatic ring is 1. The lowest BCUT2D eigenvalue weighted by atomic mass is 10.1. The molecule has 0 saturated carbocycles. The lowest BCUT2D eigenvalue weighted by Crippen LogP contribution is -2.29. The number of benzene rings is 2. The minimum Gasteiger partial charge on any atom is -0.399 e. The van der Waals surface area contributed by atoms with Gasteiger partial charge < -0.3 is 5.73 Å². The van der Waals surface area contributed by atoms with Crippen LogP contribution in [0.25, 0.3) is 0 Å². The summed E-state index contributed by atoms with van der Waals surface area (Å²) >= 11 is 0. The second kappa shape index (κ2) is 4.56. The molecule has 0 atom stereocenters. The van der Waals surface area contributed by atoms with Gasteiger partial charge in [0.2, 0.25) is 0 Å². The fourth-order valence-electron chi connectivity index (χ4n) is 2.21. The molecule has 0 aromatic heterocycles. The average molecular weight is 306 g/mol. The van der Waals surface area contributed by atoms with Crippen LogP contribution in [-0.4, -0.2) is 18.6 Å². The average Bonchev–Trinajstić information content (AvgIpc) is 2.62. The smallest absolute Gasteiger partial charge is 0.269 e. The van der Waals surface area contributed by atoms with Crippen molar-refractivity contribution in [1.82, 2.24) is 4.31 Å². The molecule has 0 spiro atoms. The fourth-order valence-corrected chi connectivity index (χ4v) is 3.75. The van der Waals surface area contributed by atoms with Crippen LogP contribution in [0.4, 0.5) is 10.1 Å². The number of hydrogen-bond acceptors (Lipinski definition) is 4. The van der Waals surface area contributed by atoms with Gasteiger partial charge in [-0.2, -0.15) is 0 Å². The molecule has 0 fully saturated rings. The molecule has 0 unspecified atom stereocenters. The Morgan fingerprint density at radius 2 is 1.76 bits per heavy atom. The standard InChI is InChI=1S/C14H11FN2O3S/c15-10-3-1-9(2-4-10)8-17-14(18)12-7-11(16)5-6-13(12)21(17,19)20/h1-7H,8,16H2. The van der Waals surface area contributed by atoms with Crippen LogP contribution in [0.15, 0.2) is 47.4 Å². The quantitative estimate of drug-likeness (QED) is 0.857. The van der Waals surface area contributed by atoms with Crippen LogP contribution in [0.2, 0.25) is 0 Å². The van der Waals surface area contributed by atoms with E-state index in [0.29, 0.717) is 11.3 Å². The van der Waals surface area contributed by atoms with Crippen molar-refractivity contribution in [2.75, 3.05) is 5.73 Å². The largest absolute Gasteiger partial charge is 0.399 e. The van der Waals surface area contributed by atoms with E-state index in [1.165, 1.54) is 42.5 Å². The SMILES string of the molecule is Nc1ccc2c(c1)C(=O)N(Cc1ccc(F)cc1)S2(=O)=O. The molecule has 0 bridgehead atoms. The zero-order valence-corrected chi connectivity index (χ0v) is 11.6. The molecule has 1 aliphatic heterocycles. The number of nitrogens with two attached hydrogens (primary N) is 1. The van der Waals surface area contributed by atoms with E-state index < -0.39 is 21.7 Å². The summed E-state index contributed by atoms with van der Waals surface area (Å²) in [6, 6.07) is 9.42. The third-order valence-electron chi connectivity index (χ3n) is 3.27. The Bertz CT molecular complexity index is 832. The predicted octanol–water partition coefficient (Wildman–Crippen LogP) is 1.75. The molecule has 1 aliphatic rings. The molecular weight excluding hydrogens is 295 g/mol. The van der Waals surface area contributed by atoms with Crippen molar-refractivity contribution in [1.29, 1.82) is 0 Å². The van der Waals surface area contributed by atoms with Crippen molar-refractivity contribution in [3.05, 3.63) is 59.4 Å². The first-order valence-electron chi connectivity index (χ1n) is 6.10. The molecule has 5 nitrogen and oxygen atoms in total. The Kier molecular flexibility index (Phi) is 2.94. The van der Waals surface area contributed by atoms with Crippen molar-refractivity contribution in [3.63, 3.8) is 0 Å². The Morgan fingerprint density at radius 3 is 2.43 bits per heavy atom. The van der Waals surface area contributed by atoms with Crippen LogP contribution in [-0.2, 0) is 16.6 Å². The Balaban J connectivity index is 2.02. The Labute approximate surface area is 120 Å². The Hall–Kier alpha value is -2.41. The summed E-state index contributed by atoms with van der Waals surface area (Å²) in [5.41, 5.74) is 6.50. The molecule has 1 heterocycles. The summed E-state index contributed by atoms with van der Waals surface area (Å²) < 4.78 is 38.4. The van der Waals surface area contributed by atoms with Crippen LogP contribution in [0.1, 0.15) is 15.9 Å². The number of anilines is 1. The highest BCUT2D eigenvalue weighted by Gasteiger charge is 2.41. The molecule has 0 aliphatic carbocycles. The molecule has 108 valence electrons. The molecule has 21 heavy (non-hydrogen) atoms. The lowest BCUT2D eigenvalue weighted by Gasteiger charge is -2.14. The summed E-state index contributed by atoms with van der Waals surface area (Å²) in [6.07, 6.45) is 0. The first-order valence-corrected chi connectivity index (χ1v) is 7.54. The highest BCUT2D eigenvalue weighted by molar-refractivity contribution is 7.90. The molecule has 3 rings (SSSR count). The third kappa shape index (κ3) is 2.15. The highest BCUT2D eigenvalue weighted by Crippen LogP contribution is 2.32. The number of nitrogens with zero attached hydrogens (tertiary/aromatic N) is 1. The number of amides is 1. The highest BCUT2D eigenvalue weighted by atomic mass is 32.2. The van der Waals surface area contributed by atoms with Gasteiger partial charge >= 0.3 is 0 Å². The van der Waals surface area contributed by atoms with Crippen molar-refractivity contribution in [2.45, 2.75) is 11.4 Å². The summed E-state index contributed by atoms with van der Waals surface area (Å²) in [7, 11) is -3.89. The van der Waals surface area contributed by atoms with E-state index >= 15 is 0 Å². The number of rotatable bonds is 2. The molecule has 2 aromatic carbocycles. The van der Waals surface area contributed by atoms with Gasteiger partial charge in [-0.3, -0.25) is 4.79 Å². The first kappa shape index (κ1) is 13.6. The van der Waals surface area contributed by atoms with Crippen molar-refractivity contribution < 1.29 is 17.6 Å². The van der Waals surface area contributed by atoms with Crippen molar-refractivity contribution in [2.24, 2.45) is 0 Å². The van der Waals surface area contributed by atoms with Crippen LogP contribution >= 0.6 is 0 Å². The Morgan fingerprint density at radius 1 is 1.10 bits per heavy atom. The van der Waals surface area contributed by atoms with Gasteiger partial charge in [0, 0.05) is 5.69 Å². The van der Waals surface area contributed by atoms with E-state index in [2.05, 4.69) is 0 Å². The van der Waals surface area contributed by atoms with Crippen LogP contribution in [0.5, 0.6) is 0 Å². The maximum absolute atomic E-state index is 12.9. The second-order valence-corrected chi connectivity index (χ2v) is 6.53. The monoisotopic (exact) mass is 306 g/mol. The van der Waals surface area contributed by atoms with Gasteiger partial charge in [0.15, 0.2) is 0 Å². The third-order valence-corrected chi connectivity index (χ3v) is 5.06. The topological polar surface area (TPSA) is 80.5 Å². The molecule has 0 radical (unpaired) electrons. The normalized spacial score (nSPS) is 16.0. The van der Waals surface area contributed by atoms with E-state index in [1.807, 2.05) is 0 Å². The van der Waals surface area contributed by atoms with Crippen LogP contribution < -0.4 is 5.73 Å². The summed E-state index contributed by atoms with van der Waals surface area (Å²) in [5.74, 6) is -1.05. The van der Waals surface area contributed by atoms with Gasteiger partial charge in [-0.25, -0.2) is 17.1 Å². The number of carbonyl (C=O) groups excluding carboxylic acids is 1. The minimum atomic E-state index is -3.89. The van der Waals surface area contributed by atoms with Crippen molar-refractivity contribution in [3.8, 4) is 0 Å². The number of carbonyl (C=O) groups is 1. The van der Waals surface area contributed by atoms with E-state index in [-0.39, 0.29) is 17.0 Å². The van der Waals surface area contributed by atoms with Crippen molar-refractivity contribution >= 4 is 21.6 Å². The summed E-state index contributed by atoms with van der Waals surface area (Å²) in [4.78, 5) is 12.2. The second-order valence-electron chi connectivity index (χ2n) is 4.70. The lowest BCUT2D eigenvalue weighted by molar-refractivity contribution is 0.0865. The van der Waals surface area contributed by atoms with Gasteiger partial charge in [0.25, 0.3) is 15.9 Å². The molecular formula is C14H11FN2O3S. The number of halogens is 1. The number of fused-ring (bicyclic) bond motifs is 1. The van der Waals surface area contributed by atoms with E-state index in [4.69, 9.17) is 5.73 Å². The molecule has 7 heteroatoms. The predicted molar refractivity (Wildman–Crippen MR) is 74.3 cm³/mol. The van der Waals surface area contributed by atoms with Gasteiger partial charge in [0.1, 0.15) is 10.7 Å². The summed E-state index contributed by atoms with van der Waals surface area (Å²) in [5, 5.41) is 0. The minimum absolute atomic E-state index is 0.0520. The molecule has 1 amide bonds. The zero-order valence-electron chi connectivity index (χ0n) is 10.8. The summed E-state index contributed by atoms with van der Waals surface area (Å²) in [6.45, 7) is -0.143. The maximum Gasteiger partial charge on any atom is 0.269 e. The zero-order chi connectivity index (χ0) is 15.2. The van der Waals surface area contributed by atoms with Crippen LogP contribution in [0.3, 0.4) is 0 Å².